The molecule has 0 fully saturated rings. The number of nitrogens with one attached hydrogen (secondary N) is 2. The molecule has 1 aliphatic rings. The number of fused-ring (bicyclic) bond motifs is 1. The number of hydrogen-bond donors (Lipinski definition) is 2. The largest absolute Gasteiger partial charge is 0.435 e. The maximum absolute atomic E-state index is 12.8. The molecule has 31 heavy (non-hydrogen) atoms. The first-order chi connectivity index (χ1) is 14.8. The molecule has 1 aliphatic heterocycles. The highest BCUT2D eigenvalue weighted by Crippen LogP contribution is 2.30. The number of alkyl halides is 2. The van der Waals surface area contributed by atoms with Crippen LogP contribution in [0, 0.1) is 0 Å². The molecular weight excluding hydrogens is 426 g/mol. The number of hydrogen-bond acceptors (Lipinski definition) is 4. The van der Waals surface area contributed by atoms with Gasteiger partial charge in [-0.15, -0.1) is 0 Å². The Morgan fingerprint density at radius 1 is 1.03 bits per heavy atom. The van der Waals surface area contributed by atoms with Gasteiger partial charge in [-0.1, -0.05) is 30.3 Å². The van der Waals surface area contributed by atoms with E-state index in [-0.39, 0.29) is 35.1 Å². The molecule has 1 heterocycles. The van der Waals surface area contributed by atoms with Gasteiger partial charge < -0.3 is 10.1 Å². The third-order valence-electron chi connectivity index (χ3n) is 4.78. The topological polar surface area (TPSA) is 84.5 Å². The summed E-state index contributed by atoms with van der Waals surface area (Å²) < 4.78 is 58.4. The molecule has 0 spiro atoms. The molecule has 0 atom stereocenters. The first kappa shape index (κ1) is 20.8. The van der Waals surface area contributed by atoms with E-state index in [2.05, 4.69) is 14.8 Å². The standard InChI is InChI=1S/C22H18F2N2O4S/c23-22(24)30-20-9-6-17(11-16(20)10-14-4-2-1-3-5-14)26-31(28,29)18-7-8-19-15(12-18)13-21(27)25-19/h1-9,11-12,22,26H,10,13H2,(H,25,27). The van der Waals surface area contributed by atoms with Crippen LogP contribution in [0.1, 0.15) is 16.7 Å². The number of halogens is 2. The molecule has 3 aromatic carbocycles. The van der Waals surface area contributed by atoms with Gasteiger partial charge in [0.05, 0.1) is 11.3 Å². The molecule has 9 heteroatoms. The highest BCUT2D eigenvalue weighted by Gasteiger charge is 2.22. The summed E-state index contributed by atoms with van der Waals surface area (Å²) in [6.45, 7) is -3.00. The molecule has 3 aromatic rings. The van der Waals surface area contributed by atoms with Crippen molar-refractivity contribution in [2.24, 2.45) is 0 Å². The van der Waals surface area contributed by atoms with Crippen molar-refractivity contribution in [2.75, 3.05) is 10.0 Å². The molecule has 0 saturated heterocycles. The van der Waals surface area contributed by atoms with Crippen molar-refractivity contribution in [1.29, 1.82) is 0 Å². The van der Waals surface area contributed by atoms with E-state index in [1.807, 2.05) is 30.3 Å². The number of ether oxygens (including phenoxy) is 1. The number of sulfonamides is 1. The Morgan fingerprint density at radius 2 is 1.81 bits per heavy atom. The molecule has 0 saturated carbocycles. The molecule has 0 aliphatic carbocycles. The smallest absolute Gasteiger partial charge is 0.387 e. The van der Waals surface area contributed by atoms with Crippen molar-refractivity contribution in [2.45, 2.75) is 24.3 Å². The fraction of sp³-hybridized carbons (Fsp3) is 0.136. The summed E-state index contributed by atoms with van der Waals surface area (Å²) in [6, 6.07) is 17.7. The maximum atomic E-state index is 12.8. The van der Waals surface area contributed by atoms with Gasteiger partial charge in [0, 0.05) is 23.4 Å². The molecule has 160 valence electrons. The Kier molecular flexibility index (Phi) is 5.60. The van der Waals surface area contributed by atoms with Gasteiger partial charge in [0.1, 0.15) is 5.75 Å². The summed E-state index contributed by atoms with van der Waals surface area (Å²) in [7, 11) is -3.96. The Labute approximate surface area is 177 Å². The van der Waals surface area contributed by atoms with Crippen LogP contribution in [-0.2, 0) is 27.7 Å². The third kappa shape index (κ3) is 4.83. The average Bonchev–Trinajstić information content (AvgIpc) is 3.09. The fourth-order valence-corrected chi connectivity index (χ4v) is 4.49. The Balaban J connectivity index is 1.62. The minimum atomic E-state index is -3.96. The molecular formula is C22H18F2N2O4S. The normalized spacial score (nSPS) is 13.1. The van der Waals surface area contributed by atoms with Crippen LogP contribution in [0.15, 0.2) is 71.6 Å². The second-order valence-electron chi connectivity index (χ2n) is 7.01. The molecule has 2 N–H and O–H groups in total. The predicted molar refractivity (Wildman–Crippen MR) is 112 cm³/mol. The first-order valence-electron chi connectivity index (χ1n) is 9.37. The van der Waals surface area contributed by atoms with Crippen LogP contribution in [0.25, 0.3) is 0 Å². The quantitative estimate of drug-likeness (QED) is 0.573. The van der Waals surface area contributed by atoms with E-state index in [9.17, 15) is 22.0 Å². The zero-order valence-electron chi connectivity index (χ0n) is 16.1. The van der Waals surface area contributed by atoms with Gasteiger partial charge in [-0.25, -0.2) is 8.42 Å². The van der Waals surface area contributed by atoms with E-state index < -0.39 is 16.6 Å². The summed E-state index contributed by atoms with van der Waals surface area (Å²) in [5, 5.41) is 2.65. The number of rotatable bonds is 7. The first-order valence-corrected chi connectivity index (χ1v) is 10.9. The second kappa shape index (κ2) is 8.35. The lowest BCUT2D eigenvalue weighted by molar-refractivity contribution is -0.115. The van der Waals surface area contributed by atoms with Crippen LogP contribution in [0.5, 0.6) is 5.75 Å². The van der Waals surface area contributed by atoms with E-state index in [0.29, 0.717) is 16.8 Å². The average molecular weight is 444 g/mol. The molecule has 0 unspecified atom stereocenters. The van der Waals surface area contributed by atoms with Crippen LogP contribution in [0.2, 0.25) is 0 Å². The lowest BCUT2D eigenvalue weighted by Gasteiger charge is -2.14. The Morgan fingerprint density at radius 3 is 2.55 bits per heavy atom. The summed E-state index contributed by atoms with van der Waals surface area (Å²) in [6.07, 6.45) is 0.394. The second-order valence-corrected chi connectivity index (χ2v) is 8.70. The highest BCUT2D eigenvalue weighted by molar-refractivity contribution is 7.92. The SMILES string of the molecule is O=C1Cc2cc(S(=O)(=O)Nc3ccc(OC(F)F)c(Cc4ccccc4)c3)ccc2N1. The van der Waals surface area contributed by atoms with Crippen molar-refractivity contribution in [3.63, 3.8) is 0 Å². The monoisotopic (exact) mass is 444 g/mol. The summed E-state index contributed by atoms with van der Waals surface area (Å²) in [5.74, 6) is -0.221. The van der Waals surface area contributed by atoms with Crippen LogP contribution >= 0.6 is 0 Å². The van der Waals surface area contributed by atoms with Crippen LogP contribution in [0.3, 0.4) is 0 Å². The fourth-order valence-electron chi connectivity index (χ4n) is 3.39. The van der Waals surface area contributed by atoms with E-state index in [0.717, 1.165) is 5.56 Å². The number of amides is 1. The van der Waals surface area contributed by atoms with E-state index in [4.69, 9.17) is 0 Å². The summed E-state index contributed by atoms with van der Waals surface area (Å²) >= 11 is 0. The Hall–Kier alpha value is -3.46. The summed E-state index contributed by atoms with van der Waals surface area (Å²) in [5.41, 5.74) is 2.66. The van der Waals surface area contributed by atoms with Crippen molar-refractivity contribution in [1.82, 2.24) is 0 Å². The minimum absolute atomic E-state index is 0.000247. The van der Waals surface area contributed by atoms with Crippen molar-refractivity contribution >= 4 is 27.3 Å². The van der Waals surface area contributed by atoms with E-state index in [1.54, 1.807) is 0 Å². The molecule has 4 rings (SSSR count). The van der Waals surface area contributed by atoms with E-state index in [1.165, 1.54) is 36.4 Å². The van der Waals surface area contributed by atoms with Crippen LogP contribution in [0.4, 0.5) is 20.2 Å². The van der Waals surface area contributed by atoms with Gasteiger partial charge in [-0.05, 0) is 47.5 Å². The number of carbonyl (C=O) groups is 1. The number of benzene rings is 3. The van der Waals surface area contributed by atoms with Crippen molar-refractivity contribution in [3.8, 4) is 5.75 Å². The van der Waals surface area contributed by atoms with Crippen LogP contribution in [-0.4, -0.2) is 20.9 Å². The van der Waals surface area contributed by atoms with Gasteiger partial charge in [-0.2, -0.15) is 8.78 Å². The molecule has 1 amide bonds. The minimum Gasteiger partial charge on any atom is -0.435 e. The van der Waals surface area contributed by atoms with Crippen LogP contribution < -0.4 is 14.8 Å². The van der Waals surface area contributed by atoms with Gasteiger partial charge >= 0.3 is 6.61 Å². The van der Waals surface area contributed by atoms with Crippen molar-refractivity contribution in [3.05, 3.63) is 83.4 Å². The molecule has 0 radical (unpaired) electrons. The van der Waals surface area contributed by atoms with Crippen molar-refractivity contribution < 1.29 is 26.7 Å². The van der Waals surface area contributed by atoms with Gasteiger partial charge in [0.25, 0.3) is 10.0 Å². The predicted octanol–water partition coefficient (Wildman–Crippen LogP) is 4.17. The van der Waals surface area contributed by atoms with E-state index >= 15 is 0 Å². The summed E-state index contributed by atoms with van der Waals surface area (Å²) in [4.78, 5) is 11.5. The molecule has 6 nitrogen and oxygen atoms in total. The maximum Gasteiger partial charge on any atom is 0.387 e. The van der Waals surface area contributed by atoms with Gasteiger partial charge in [-0.3, -0.25) is 9.52 Å². The molecule has 0 aromatic heterocycles. The molecule has 0 bridgehead atoms. The van der Waals surface area contributed by atoms with Gasteiger partial charge in [0.2, 0.25) is 5.91 Å². The lowest BCUT2D eigenvalue weighted by atomic mass is 10.0. The number of carbonyl (C=O) groups excluding carboxylic acids is 1. The highest BCUT2D eigenvalue weighted by atomic mass is 32.2. The lowest BCUT2D eigenvalue weighted by Crippen LogP contribution is -2.14. The Bertz CT molecular complexity index is 1230. The zero-order valence-corrected chi connectivity index (χ0v) is 17.0. The van der Waals surface area contributed by atoms with Gasteiger partial charge in [0.15, 0.2) is 0 Å². The third-order valence-corrected chi connectivity index (χ3v) is 6.16. The zero-order chi connectivity index (χ0) is 22.0. The number of anilines is 2.